The first-order valence-corrected chi connectivity index (χ1v) is 6.92. The van der Waals surface area contributed by atoms with Gasteiger partial charge in [0.25, 0.3) is 0 Å². The second-order valence-corrected chi connectivity index (χ2v) is 5.19. The molecule has 1 aromatic rings. The Labute approximate surface area is 104 Å². The summed E-state index contributed by atoms with van der Waals surface area (Å²) in [5.74, 6) is 7.17. The van der Waals surface area contributed by atoms with Crippen molar-refractivity contribution < 1.29 is 10.2 Å². The maximum Gasteiger partial charge on any atom is 0.0861 e. The fourth-order valence-electron chi connectivity index (χ4n) is 1.02. The van der Waals surface area contributed by atoms with E-state index in [0.717, 1.165) is 11.3 Å². The van der Waals surface area contributed by atoms with Crippen molar-refractivity contribution in [2.45, 2.75) is 11.9 Å². The highest BCUT2D eigenvalue weighted by Gasteiger charge is 2.03. The molecule has 3 nitrogen and oxygen atoms in total. The van der Waals surface area contributed by atoms with Crippen LogP contribution in [-0.2, 0) is 5.75 Å². The first-order chi connectivity index (χ1) is 7.76. The van der Waals surface area contributed by atoms with E-state index in [1.807, 2.05) is 11.4 Å². The van der Waals surface area contributed by atoms with Crippen molar-refractivity contribution in [3.63, 3.8) is 0 Å². The van der Waals surface area contributed by atoms with Crippen LogP contribution in [0.15, 0.2) is 11.4 Å². The summed E-state index contributed by atoms with van der Waals surface area (Å²) in [5, 5.41) is 19.8. The van der Waals surface area contributed by atoms with Crippen LogP contribution in [0.2, 0.25) is 0 Å². The van der Waals surface area contributed by atoms with E-state index in [9.17, 15) is 0 Å². The van der Waals surface area contributed by atoms with Crippen molar-refractivity contribution in [3.8, 4) is 11.8 Å². The molecule has 0 aliphatic rings. The number of nitrogens with two attached hydrogens (primary N) is 1. The molecule has 0 aliphatic carbocycles. The summed E-state index contributed by atoms with van der Waals surface area (Å²) in [6.45, 7) is 0.202. The molecule has 0 saturated heterocycles. The van der Waals surface area contributed by atoms with Crippen LogP contribution in [0, 0.1) is 11.8 Å². The lowest BCUT2D eigenvalue weighted by atomic mass is 10.3. The molecule has 0 aliphatic heterocycles. The minimum atomic E-state index is -0.624. The van der Waals surface area contributed by atoms with Crippen molar-refractivity contribution in [1.82, 2.24) is 0 Å². The SMILES string of the molecule is NCC#Cc1csc(CSCC(O)CO)c1. The Balaban J connectivity index is 2.35. The van der Waals surface area contributed by atoms with E-state index in [1.54, 1.807) is 23.1 Å². The van der Waals surface area contributed by atoms with Crippen LogP contribution in [0.1, 0.15) is 10.4 Å². The number of thioether (sulfide) groups is 1. The van der Waals surface area contributed by atoms with Crippen LogP contribution in [0.3, 0.4) is 0 Å². The molecule has 0 saturated carbocycles. The molecule has 88 valence electrons. The van der Waals surface area contributed by atoms with E-state index in [4.69, 9.17) is 15.9 Å². The fourth-order valence-corrected chi connectivity index (χ4v) is 2.93. The molecule has 1 unspecified atom stereocenters. The van der Waals surface area contributed by atoms with E-state index in [1.165, 1.54) is 4.88 Å². The number of aliphatic hydroxyl groups excluding tert-OH is 2. The first-order valence-electron chi connectivity index (χ1n) is 4.89. The molecular formula is C11H15NO2S2. The van der Waals surface area contributed by atoms with Gasteiger partial charge in [-0.3, -0.25) is 0 Å². The van der Waals surface area contributed by atoms with Crippen LogP contribution in [-0.4, -0.2) is 35.2 Å². The molecule has 0 amide bonds. The molecule has 16 heavy (non-hydrogen) atoms. The lowest BCUT2D eigenvalue weighted by Gasteiger charge is -2.04. The van der Waals surface area contributed by atoms with E-state index < -0.39 is 6.10 Å². The molecule has 0 aromatic carbocycles. The van der Waals surface area contributed by atoms with Crippen LogP contribution >= 0.6 is 23.1 Å². The maximum absolute atomic E-state index is 9.15. The lowest BCUT2D eigenvalue weighted by Crippen LogP contribution is -2.14. The quantitative estimate of drug-likeness (QED) is 0.677. The average molecular weight is 257 g/mol. The monoisotopic (exact) mass is 257 g/mol. The van der Waals surface area contributed by atoms with Gasteiger partial charge in [-0.15, -0.1) is 11.3 Å². The van der Waals surface area contributed by atoms with Gasteiger partial charge in [0.2, 0.25) is 0 Å². The molecular weight excluding hydrogens is 242 g/mol. The first kappa shape index (κ1) is 13.6. The van der Waals surface area contributed by atoms with Crippen LogP contribution in [0.5, 0.6) is 0 Å². The normalized spacial score (nSPS) is 11.9. The molecule has 4 N–H and O–H groups in total. The van der Waals surface area contributed by atoms with E-state index in [2.05, 4.69) is 11.8 Å². The van der Waals surface area contributed by atoms with Crippen molar-refractivity contribution in [3.05, 3.63) is 21.9 Å². The standard InChI is InChI=1S/C11H15NO2S2/c12-3-1-2-9-4-11(16-6-9)8-15-7-10(14)5-13/h4,6,10,13-14H,3,5,7-8,12H2. The second-order valence-electron chi connectivity index (χ2n) is 3.16. The predicted octanol–water partition coefficient (Wildman–Crippen LogP) is 0.645. The van der Waals surface area contributed by atoms with E-state index in [0.29, 0.717) is 12.3 Å². The Kier molecular flexibility index (Phi) is 6.53. The Hall–Kier alpha value is -0.510. The third-order valence-corrected chi connectivity index (χ3v) is 4.01. The third kappa shape index (κ3) is 5.01. The molecule has 0 fully saturated rings. The van der Waals surface area contributed by atoms with Gasteiger partial charge in [-0.25, -0.2) is 0 Å². The van der Waals surface area contributed by atoms with Crippen LogP contribution < -0.4 is 5.73 Å². The Bertz CT molecular complexity index is 368. The average Bonchev–Trinajstić information content (AvgIpc) is 2.74. The van der Waals surface area contributed by atoms with Gasteiger partial charge in [0, 0.05) is 27.3 Å². The van der Waals surface area contributed by atoms with Crippen molar-refractivity contribution >= 4 is 23.1 Å². The molecule has 0 spiro atoms. The second kappa shape index (κ2) is 7.71. The van der Waals surface area contributed by atoms with Crippen molar-refractivity contribution in [1.29, 1.82) is 0 Å². The zero-order chi connectivity index (χ0) is 11.8. The van der Waals surface area contributed by atoms with E-state index >= 15 is 0 Å². The zero-order valence-electron chi connectivity index (χ0n) is 8.85. The Morgan fingerprint density at radius 2 is 2.38 bits per heavy atom. The third-order valence-electron chi connectivity index (χ3n) is 1.75. The van der Waals surface area contributed by atoms with Gasteiger partial charge in [0.1, 0.15) is 0 Å². The summed E-state index contributed by atoms with van der Waals surface area (Å²) < 4.78 is 0. The zero-order valence-corrected chi connectivity index (χ0v) is 10.5. The number of hydrogen-bond donors (Lipinski definition) is 3. The summed E-state index contributed by atoms with van der Waals surface area (Å²) in [7, 11) is 0. The lowest BCUT2D eigenvalue weighted by molar-refractivity contribution is 0.113. The molecule has 0 radical (unpaired) electrons. The Morgan fingerprint density at radius 3 is 3.06 bits per heavy atom. The maximum atomic E-state index is 9.15. The number of aliphatic hydroxyl groups is 2. The molecule has 1 heterocycles. The molecule has 1 rings (SSSR count). The summed E-state index contributed by atoms with van der Waals surface area (Å²) in [6, 6.07) is 2.03. The summed E-state index contributed by atoms with van der Waals surface area (Å²) >= 11 is 3.25. The van der Waals surface area contributed by atoms with Gasteiger partial charge in [-0.1, -0.05) is 11.8 Å². The van der Waals surface area contributed by atoms with Crippen LogP contribution in [0.4, 0.5) is 0 Å². The van der Waals surface area contributed by atoms with Gasteiger partial charge < -0.3 is 15.9 Å². The number of hydrogen-bond acceptors (Lipinski definition) is 5. The van der Waals surface area contributed by atoms with Gasteiger partial charge >= 0.3 is 0 Å². The highest BCUT2D eigenvalue weighted by Crippen LogP contribution is 2.20. The highest BCUT2D eigenvalue weighted by atomic mass is 32.2. The number of rotatable bonds is 5. The van der Waals surface area contributed by atoms with E-state index in [-0.39, 0.29) is 6.61 Å². The fraction of sp³-hybridized carbons (Fsp3) is 0.455. The van der Waals surface area contributed by atoms with Gasteiger partial charge in [-0.05, 0) is 6.07 Å². The molecule has 1 aromatic heterocycles. The Morgan fingerprint density at radius 1 is 1.56 bits per heavy atom. The van der Waals surface area contributed by atoms with Gasteiger partial charge in [0.05, 0.1) is 19.3 Å². The predicted molar refractivity (Wildman–Crippen MR) is 69.5 cm³/mol. The molecule has 1 atom stereocenters. The largest absolute Gasteiger partial charge is 0.394 e. The minimum Gasteiger partial charge on any atom is -0.394 e. The van der Waals surface area contributed by atoms with Gasteiger partial charge in [-0.2, -0.15) is 11.8 Å². The van der Waals surface area contributed by atoms with Crippen molar-refractivity contribution in [2.24, 2.45) is 5.73 Å². The minimum absolute atomic E-state index is 0.176. The molecule has 5 heteroatoms. The van der Waals surface area contributed by atoms with Crippen LogP contribution in [0.25, 0.3) is 0 Å². The molecule has 0 bridgehead atoms. The smallest absolute Gasteiger partial charge is 0.0861 e. The van der Waals surface area contributed by atoms with Gasteiger partial charge in [0.15, 0.2) is 0 Å². The summed E-state index contributed by atoms with van der Waals surface area (Å²) in [5.41, 5.74) is 6.28. The summed E-state index contributed by atoms with van der Waals surface area (Å²) in [6.07, 6.45) is -0.624. The number of thiophene rings is 1. The van der Waals surface area contributed by atoms with Crippen molar-refractivity contribution in [2.75, 3.05) is 18.9 Å². The topological polar surface area (TPSA) is 66.5 Å². The highest BCUT2D eigenvalue weighted by molar-refractivity contribution is 7.98. The summed E-state index contributed by atoms with van der Waals surface area (Å²) in [4.78, 5) is 1.22.